The van der Waals surface area contributed by atoms with E-state index < -0.39 is 35.1 Å². The van der Waals surface area contributed by atoms with Crippen LogP contribution < -0.4 is 11.1 Å². The van der Waals surface area contributed by atoms with Crippen LogP contribution in [-0.4, -0.2) is 68.1 Å². The number of pyridine rings is 1. The normalized spacial score (nSPS) is 27.7. The molecule has 1 aromatic rings. The van der Waals surface area contributed by atoms with E-state index in [1.165, 1.54) is 6.20 Å². The number of aliphatic carboxylic acids is 2. The first-order chi connectivity index (χ1) is 18.6. The Kier molecular flexibility index (Phi) is 9.22. The second-order valence-electron chi connectivity index (χ2n) is 10.8. The van der Waals surface area contributed by atoms with Crippen molar-refractivity contribution < 1.29 is 47.4 Å². The fourth-order valence-electron chi connectivity index (χ4n) is 5.70. The quantitative estimate of drug-likeness (QED) is 0.396. The molecule has 4 rings (SSSR count). The summed E-state index contributed by atoms with van der Waals surface area (Å²) in [7, 11) is 0. The standard InChI is InChI=1S/C24H32N4O5.C2HF3O2/c1-23(25)14-24(22(32)33,11-12-28(23)21(31)15-5-3-2-4-6-15)18-9-7-16(13-26-18)17-8-10-19(29)27-20(17)30;3-2(4,5)1(6)7/h7,9,13,15,17H,2-6,8,10-12,14,25H2,1H3,(H,32,33)(H,27,29,30);(H,6,7)/t17?,23?,24-;/m1./s1. The fraction of sp³-hybridized carbons (Fsp3) is 0.615. The zero-order valence-electron chi connectivity index (χ0n) is 22.0. The van der Waals surface area contributed by atoms with E-state index in [4.69, 9.17) is 15.6 Å². The van der Waals surface area contributed by atoms with Gasteiger partial charge in [0.05, 0.1) is 17.3 Å². The number of likely N-dealkylation sites (tertiary alicyclic amines) is 1. The van der Waals surface area contributed by atoms with Gasteiger partial charge in [-0.2, -0.15) is 13.2 Å². The SMILES string of the molecule is CC1(N)C[C@@](C(=O)O)(c2ccc(C3CCC(=O)NC3=O)cn2)CCN1C(=O)C1CCCCC1.O=C(O)C(F)(F)F. The number of aromatic nitrogens is 1. The Morgan fingerprint density at radius 1 is 1.10 bits per heavy atom. The second kappa shape index (κ2) is 11.9. The van der Waals surface area contributed by atoms with Crippen LogP contribution in [0.25, 0.3) is 0 Å². The van der Waals surface area contributed by atoms with Crippen LogP contribution in [0.5, 0.6) is 0 Å². The summed E-state index contributed by atoms with van der Waals surface area (Å²) in [5.41, 5.74) is 5.16. The summed E-state index contributed by atoms with van der Waals surface area (Å²) in [5.74, 6) is -4.93. The van der Waals surface area contributed by atoms with Crippen molar-refractivity contribution in [3.63, 3.8) is 0 Å². The van der Waals surface area contributed by atoms with E-state index in [-0.39, 0.29) is 49.4 Å². The molecule has 0 radical (unpaired) electrons. The van der Waals surface area contributed by atoms with Crippen molar-refractivity contribution in [3.8, 4) is 0 Å². The molecule has 11 nitrogen and oxygen atoms in total. The molecule has 3 aliphatic rings. The number of carbonyl (C=O) groups excluding carboxylic acids is 3. The Balaban J connectivity index is 0.000000559. The summed E-state index contributed by atoms with van der Waals surface area (Å²) in [4.78, 5) is 64.3. The van der Waals surface area contributed by atoms with Gasteiger partial charge >= 0.3 is 18.1 Å². The zero-order valence-corrected chi connectivity index (χ0v) is 22.0. The molecule has 40 heavy (non-hydrogen) atoms. The number of hydrogen-bond donors (Lipinski definition) is 4. The lowest BCUT2D eigenvalue weighted by Gasteiger charge is -2.50. The van der Waals surface area contributed by atoms with Gasteiger partial charge in [-0.25, -0.2) is 4.79 Å². The molecule has 3 atom stereocenters. The molecule has 0 spiro atoms. The van der Waals surface area contributed by atoms with Crippen molar-refractivity contribution in [3.05, 3.63) is 29.6 Å². The summed E-state index contributed by atoms with van der Waals surface area (Å²) in [6.45, 7) is 1.98. The van der Waals surface area contributed by atoms with Crippen LogP contribution in [0.3, 0.4) is 0 Å². The van der Waals surface area contributed by atoms with Gasteiger partial charge in [-0.15, -0.1) is 0 Å². The van der Waals surface area contributed by atoms with Gasteiger partial charge < -0.3 is 20.8 Å². The first-order valence-corrected chi connectivity index (χ1v) is 13.0. The van der Waals surface area contributed by atoms with Crippen LogP contribution >= 0.6 is 0 Å². The third kappa shape index (κ3) is 6.77. The number of piperidine rings is 2. The molecule has 5 N–H and O–H groups in total. The van der Waals surface area contributed by atoms with Crippen molar-refractivity contribution in [2.45, 2.75) is 87.9 Å². The number of nitrogens with zero attached hydrogens (tertiary/aromatic N) is 2. The number of halogens is 3. The number of nitrogens with two attached hydrogens (primary N) is 1. The molecule has 220 valence electrons. The number of carboxylic acids is 2. The van der Waals surface area contributed by atoms with Gasteiger partial charge in [0.1, 0.15) is 5.41 Å². The number of imide groups is 1. The van der Waals surface area contributed by atoms with Crippen LogP contribution in [0.4, 0.5) is 13.2 Å². The molecule has 2 saturated heterocycles. The largest absolute Gasteiger partial charge is 0.490 e. The molecular weight excluding hydrogens is 537 g/mol. The highest BCUT2D eigenvalue weighted by molar-refractivity contribution is 6.00. The third-order valence-electron chi connectivity index (χ3n) is 7.83. The number of amides is 3. The Morgan fingerprint density at radius 3 is 2.20 bits per heavy atom. The summed E-state index contributed by atoms with van der Waals surface area (Å²) in [6, 6.07) is 3.35. The number of carboxylic acid groups (broad SMARTS) is 2. The highest BCUT2D eigenvalue weighted by Gasteiger charge is 2.53. The summed E-state index contributed by atoms with van der Waals surface area (Å²) < 4.78 is 31.7. The Labute approximate surface area is 228 Å². The summed E-state index contributed by atoms with van der Waals surface area (Å²) >= 11 is 0. The molecule has 1 aromatic heterocycles. The average molecular weight is 571 g/mol. The van der Waals surface area contributed by atoms with E-state index in [0.717, 1.165) is 32.1 Å². The molecule has 0 aromatic carbocycles. The van der Waals surface area contributed by atoms with E-state index in [2.05, 4.69) is 10.3 Å². The molecule has 2 aliphatic heterocycles. The Bertz CT molecular complexity index is 1150. The maximum absolute atomic E-state index is 13.2. The minimum Gasteiger partial charge on any atom is -0.481 e. The maximum Gasteiger partial charge on any atom is 0.490 e. The fourth-order valence-corrected chi connectivity index (χ4v) is 5.70. The first kappa shape index (κ1) is 31.0. The van der Waals surface area contributed by atoms with Crippen molar-refractivity contribution in [1.82, 2.24) is 15.2 Å². The van der Waals surface area contributed by atoms with E-state index in [1.54, 1.807) is 24.0 Å². The molecule has 3 amide bonds. The number of hydrogen-bond acceptors (Lipinski definition) is 7. The predicted molar refractivity (Wildman–Crippen MR) is 132 cm³/mol. The van der Waals surface area contributed by atoms with E-state index >= 15 is 0 Å². The third-order valence-corrected chi connectivity index (χ3v) is 7.83. The highest BCUT2D eigenvalue weighted by Crippen LogP contribution is 2.42. The average Bonchev–Trinajstić information content (AvgIpc) is 2.88. The Morgan fingerprint density at radius 2 is 1.73 bits per heavy atom. The summed E-state index contributed by atoms with van der Waals surface area (Å²) in [6.07, 6.45) is 2.30. The van der Waals surface area contributed by atoms with Gasteiger partial charge in [0, 0.05) is 31.5 Å². The van der Waals surface area contributed by atoms with Crippen LogP contribution in [0.1, 0.15) is 81.9 Å². The van der Waals surface area contributed by atoms with E-state index in [9.17, 15) is 37.5 Å². The smallest absolute Gasteiger partial charge is 0.481 e. The van der Waals surface area contributed by atoms with Gasteiger partial charge in [-0.1, -0.05) is 25.3 Å². The molecule has 1 saturated carbocycles. The number of nitrogens with one attached hydrogen (secondary N) is 1. The lowest BCUT2D eigenvalue weighted by Crippen LogP contribution is -2.66. The van der Waals surface area contributed by atoms with Crippen molar-refractivity contribution in [1.29, 1.82) is 0 Å². The predicted octanol–water partition coefficient (Wildman–Crippen LogP) is 2.44. The molecule has 1 aliphatic carbocycles. The number of carbonyl (C=O) groups is 5. The zero-order chi connectivity index (χ0) is 29.9. The maximum atomic E-state index is 13.2. The minimum atomic E-state index is -5.08. The van der Waals surface area contributed by atoms with Gasteiger partial charge in [-0.3, -0.25) is 29.5 Å². The van der Waals surface area contributed by atoms with Gasteiger partial charge in [0.15, 0.2) is 0 Å². The lowest BCUT2D eigenvalue weighted by atomic mass is 9.70. The Hall–Kier alpha value is -3.55. The molecule has 2 unspecified atom stereocenters. The van der Waals surface area contributed by atoms with Crippen molar-refractivity contribution in [2.75, 3.05) is 6.54 Å². The monoisotopic (exact) mass is 570 g/mol. The molecule has 14 heteroatoms. The second-order valence-corrected chi connectivity index (χ2v) is 10.8. The first-order valence-electron chi connectivity index (χ1n) is 13.0. The highest BCUT2D eigenvalue weighted by atomic mass is 19.4. The van der Waals surface area contributed by atoms with Crippen LogP contribution in [-0.2, 0) is 29.4 Å². The van der Waals surface area contributed by atoms with Crippen LogP contribution in [0, 0.1) is 5.92 Å². The molecular formula is C26H33F3N4O7. The van der Waals surface area contributed by atoms with E-state index in [1.807, 2.05) is 0 Å². The van der Waals surface area contributed by atoms with E-state index in [0.29, 0.717) is 17.7 Å². The van der Waals surface area contributed by atoms with Crippen molar-refractivity contribution in [2.24, 2.45) is 11.7 Å². The molecule has 0 bridgehead atoms. The van der Waals surface area contributed by atoms with Crippen LogP contribution in [0.2, 0.25) is 0 Å². The summed E-state index contributed by atoms with van der Waals surface area (Å²) in [5, 5.41) is 19.7. The van der Waals surface area contributed by atoms with Crippen LogP contribution in [0.15, 0.2) is 18.3 Å². The van der Waals surface area contributed by atoms with Crippen molar-refractivity contribution >= 4 is 29.7 Å². The minimum absolute atomic E-state index is 0.0276. The lowest BCUT2D eigenvalue weighted by molar-refractivity contribution is -0.192. The van der Waals surface area contributed by atoms with Gasteiger partial charge in [0.25, 0.3) is 0 Å². The molecule has 3 heterocycles. The number of alkyl halides is 3. The topological polar surface area (TPSA) is 180 Å². The van der Waals surface area contributed by atoms with Gasteiger partial charge in [0.2, 0.25) is 17.7 Å². The van der Waals surface area contributed by atoms with Gasteiger partial charge in [-0.05, 0) is 44.2 Å². The molecule has 3 fully saturated rings. The number of rotatable bonds is 4.